The maximum Gasteiger partial charge on any atom is 0.162 e. The van der Waals surface area contributed by atoms with Crippen molar-refractivity contribution in [2.75, 3.05) is 0 Å². The second kappa shape index (κ2) is 10.1. The van der Waals surface area contributed by atoms with Gasteiger partial charge in [-0.2, -0.15) is 0 Å². The van der Waals surface area contributed by atoms with Gasteiger partial charge in [-0.05, 0) is 51.6 Å². The molecule has 0 unspecified atom stereocenters. The monoisotopic (exact) mass is 304 g/mol. The second-order valence-electron chi connectivity index (χ2n) is 6.07. The minimum Gasteiger partial charge on any atom is -0.419 e. The first-order valence-electron chi connectivity index (χ1n) is 8.23. The van der Waals surface area contributed by atoms with Crippen molar-refractivity contribution in [2.24, 2.45) is 0 Å². The maximum absolute atomic E-state index is 6.13. The van der Waals surface area contributed by atoms with Crippen LogP contribution in [0.3, 0.4) is 0 Å². The fourth-order valence-electron chi connectivity index (χ4n) is 1.93. The molecule has 116 valence electrons. The summed E-state index contributed by atoms with van der Waals surface area (Å²) in [5.41, 5.74) is 0.312. The van der Waals surface area contributed by atoms with Gasteiger partial charge in [-0.15, -0.1) is 0 Å². The first kappa shape index (κ1) is 19.4. The van der Waals surface area contributed by atoms with Crippen LogP contribution in [-0.2, 0) is 8.85 Å². The SMILES string of the molecule is CCC(C)(CC)O[SiH2]CCC[SiH2]OC(C)(CC)CC. The minimum atomic E-state index is -0.321. The summed E-state index contributed by atoms with van der Waals surface area (Å²) in [7, 11) is -0.641. The molecule has 0 rings (SSSR count). The minimum absolute atomic E-state index is 0.156. The highest BCUT2D eigenvalue weighted by molar-refractivity contribution is 6.29. The predicted octanol–water partition coefficient (Wildman–Crippen LogP) is 3.57. The molecule has 0 spiro atoms. The molecule has 0 saturated carbocycles. The Balaban J connectivity index is 3.56. The predicted molar refractivity (Wildman–Crippen MR) is 91.5 cm³/mol. The summed E-state index contributed by atoms with van der Waals surface area (Å²) in [4.78, 5) is 0. The Morgan fingerprint density at radius 1 is 0.684 bits per heavy atom. The van der Waals surface area contributed by atoms with Crippen LogP contribution in [0, 0.1) is 0 Å². The second-order valence-corrected chi connectivity index (χ2v) is 8.88. The first-order valence-corrected chi connectivity index (χ1v) is 11.4. The molecule has 0 atom stereocenters. The van der Waals surface area contributed by atoms with E-state index in [0.29, 0.717) is 0 Å². The molecule has 0 aromatic rings. The van der Waals surface area contributed by atoms with E-state index in [0.717, 1.165) is 25.7 Å². The van der Waals surface area contributed by atoms with E-state index in [1.165, 1.54) is 18.5 Å². The van der Waals surface area contributed by atoms with E-state index in [9.17, 15) is 0 Å². The molecular weight excluding hydrogens is 268 g/mol. The average Bonchev–Trinajstić information content (AvgIpc) is 2.45. The van der Waals surface area contributed by atoms with E-state index in [2.05, 4.69) is 41.5 Å². The van der Waals surface area contributed by atoms with Crippen LogP contribution in [0.2, 0.25) is 12.1 Å². The molecule has 0 aromatic carbocycles. The summed E-state index contributed by atoms with van der Waals surface area (Å²) in [6.07, 6.45) is 5.88. The molecule has 0 radical (unpaired) electrons. The number of hydrogen-bond acceptors (Lipinski definition) is 2. The Kier molecular flexibility index (Phi) is 10.3. The van der Waals surface area contributed by atoms with Gasteiger partial charge in [0, 0.05) is 0 Å². The van der Waals surface area contributed by atoms with Crippen molar-refractivity contribution in [2.45, 2.75) is 96.9 Å². The van der Waals surface area contributed by atoms with Crippen LogP contribution in [0.1, 0.15) is 73.6 Å². The Morgan fingerprint density at radius 2 is 1.00 bits per heavy atom. The van der Waals surface area contributed by atoms with E-state index in [-0.39, 0.29) is 30.7 Å². The van der Waals surface area contributed by atoms with E-state index in [1.807, 2.05) is 0 Å². The summed E-state index contributed by atoms with van der Waals surface area (Å²) in [5, 5.41) is 0. The van der Waals surface area contributed by atoms with Crippen LogP contribution in [-0.4, -0.2) is 30.7 Å². The third-order valence-corrected chi connectivity index (χ3v) is 8.06. The van der Waals surface area contributed by atoms with Gasteiger partial charge in [-0.3, -0.25) is 0 Å². The van der Waals surface area contributed by atoms with Gasteiger partial charge in [0.1, 0.15) is 0 Å². The van der Waals surface area contributed by atoms with Crippen LogP contribution >= 0.6 is 0 Å². The molecule has 0 aliphatic heterocycles. The Hall–Kier alpha value is 0.354. The molecule has 0 aliphatic carbocycles. The molecule has 0 fully saturated rings. The molecule has 4 heteroatoms. The Labute approximate surface area is 125 Å². The summed E-state index contributed by atoms with van der Waals surface area (Å²) in [5.74, 6) is 0. The molecule has 0 saturated heterocycles. The molecule has 19 heavy (non-hydrogen) atoms. The van der Waals surface area contributed by atoms with Crippen molar-refractivity contribution < 1.29 is 8.85 Å². The summed E-state index contributed by atoms with van der Waals surface area (Å²) < 4.78 is 12.3. The standard InChI is InChI=1S/C15H36O2Si2/c1-7-14(5,8-2)16-18-12-11-13-19-17-15(6,9-3)10-4/h7-13,18-19H2,1-6H3. The number of rotatable bonds is 12. The van der Waals surface area contributed by atoms with Gasteiger partial charge in [0.15, 0.2) is 19.5 Å². The van der Waals surface area contributed by atoms with Gasteiger partial charge in [-0.1, -0.05) is 34.1 Å². The molecule has 2 nitrogen and oxygen atoms in total. The van der Waals surface area contributed by atoms with Gasteiger partial charge in [-0.25, -0.2) is 0 Å². The molecular formula is C15H36O2Si2. The van der Waals surface area contributed by atoms with E-state index in [4.69, 9.17) is 8.85 Å². The fourth-order valence-corrected chi connectivity index (χ4v) is 5.84. The summed E-state index contributed by atoms with van der Waals surface area (Å²) in [6.45, 7) is 13.4. The Bertz CT molecular complexity index is 192. The first-order chi connectivity index (χ1) is 8.95. The molecule has 0 aromatic heterocycles. The van der Waals surface area contributed by atoms with Crippen molar-refractivity contribution in [1.29, 1.82) is 0 Å². The molecule has 0 aliphatic rings. The van der Waals surface area contributed by atoms with Gasteiger partial charge >= 0.3 is 0 Å². The maximum atomic E-state index is 6.13. The van der Waals surface area contributed by atoms with Crippen LogP contribution < -0.4 is 0 Å². The van der Waals surface area contributed by atoms with Crippen LogP contribution in [0.25, 0.3) is 0 Å². The largest absolute Gasteiger partial charge is 0.419 e. The zero-order valence-electron chi connectivity index (χ0n) is 14.2. The Morgan fingerprint density at radius 3 is 1.26 bits per heavy atom. The quantitative estimate of drug-likeness (QED) is 0.405. The normalized spacial score (nSPS) is 14.2. The van der Waals surface area contributed by atoms with Gasteiger partial charge in [0.05, 0.1) is 11.2 Å². The van der Waals surface area contributed by atoms with Crippen molar-refractivity contribution in [3.8, 4) is 0 Å². The lowest BCUT2D eigenvalue weighted by Crippen LogP contribution is -2.29. The smallest absolute Gasteiger partial charge is 0.162 e. The lowest BCUT2D eigenvalue weighted by atomic mass is 10.0. The summed E-state index contributed by atoms with van der Waals surface area (Å²) in [6, 6.07) is 2.64. The van der Waals surface area contributed by atoms with Crippen LogP contribution in [0.5, 0.6) is 0 Å². The zero-order chi connectivity index (χ0) is 14.8. The van der Waals surface area contributed by atoms with Gasteiger partial charge in [0.25, 0.3) is 0 Å². The van der Waals surface area contributed by atoms with E-state index < -0.39 is 0 Å². The van der Waals surface area contributed by atoms with Crippen LogP contribution in [0.15, 0.2) is 0 Å². The van der Waals surface area contributed by atoms with E-state index in [1.54, 1.807) is 0 Å². The topological polar surface area (TPSA) is 18.5 Å². The molecule has 0 N–H and O–H groups in total. The lowest BCUT2D eigenvalue weighted by Gasteiger charge is -2.28. The zero-order valence-corrected chi connectivity index (χ0v) is 17.0. The average molecular weight is 305 g/mol. The highest BCUT2D eigenvalue weighted by atomic mass is 28.2. The molecule has 0 bridgehead atoms. The summed E-state index contributed by atoms with van der Waals surface area (Å²) >= 11 is 0. The highest BCUT2D eigenvalue weighted by Gasteiger charge is 2.20. The van der Waals surface area contributed by atoms with Crippen LogP contribution in [0.4, 0.5) is 0 Å². The highest BCUT2D eigenvalue weighted by Crippen LogP contribution is 2.20. The van der Waals surface area contributed by atoms with Gasteiger partial charge < -0.3 is 8.85 Å². The van der Waals surface area contributed by atoms with Crippen molar-refractivity contribution in [3.63, 3.8) is 0 Å². The van der Waals surface area contributed by atoms with Crippen molar-refractivity contribution in [3.05, 3.63) is 0 Å². The number of hydrogen-bond donors (Lipinski definition) is 0. The molecule has 0 amide bonds. The fraction of sp³-hybridized carbons (Fsp3) is 1.00. The lowest BCUT2D eigenvalue weighted by molar-refractivity contribution is 0.0840. The van der Waals surface area contributed by atoms with E-state index >= 15 is 0 Å². The van der Waals surface area contributed by atoms with Crippen molar-refractivity contribution in [1.82, 2.24) is 0 Å². The van der Waals surface area contributed by atoms with Crippen molar-refractivity contribution >= 4 is 19.5 Å². The van der Waals surface area contributed by atoms with Gasteiger partial charge in [0.2, 0.25) is 0 Å². The molecule has 0 heterocycles. The third-order valence-electron chi connectivity index (χ3n) is 4.68. The third kappa shape index (κ3) is 8.28.